The Morgan fingerprint density at radius 1 is 0.135 bits per heavy atom. The Labute approximate surface area is 735 Å². The largest absolute Gasteiger partial charge is 0.311 e. The third-order valence-electron chi connectivity index (χ3n) is 26.5. The molecule has 2 aliphatic carbocycles. The van der Waals surface area contributed by atoms with Crippen LogP contribution >= 0.6 is 0 Å². The molecule has 24 rings (SSSR count). The van der Waals surface area contributed by atoms with Crippen LogP contribution in [0.15, 0.2) is 510 Å². The Morgan fingerprint density at radius 3 is 0.706 bits per heavy atom. The fourth-order valence-electron chi connectivity index (χ4n) is 21.1. The molecule has 2 nitrogen and oxygen atoms in total. The average Bonchev–Trinajstić information content (AvgIpc) is 1.54. The van der Waals surface area contributed by atoms with E-state index in [1.807, 2.05) is 0 Å². The predicted molar refractivity (Wildman–Crippen MR) is 532 cm³/mol. The van der Waals surface area contributed by atoms with Gasteiger partial charge in [-0.3, -0.25) is 0 Å². The van der Waals surface area contributed by atoms with Crippen molar-refractivity contribution in [1.29, 1.82) is 0 Å². The van der Waals surface area contributed by atoms with Gasteiger partial charge in [0.1, 0.15) is 0 Å². The maximum atomic E-state index is 2.43. The van der Waals surface area contributed by atoms with E-state index in [9.17, 15) is 0 Å². The van der Waals surface area contributed by atoms with E-state index in [2.05, 4.69) is 519 Å². The number of para-hydroxylation sites is 1. The second-order valence-corrected chi connectivity index (χ2v) is 33.1. The van der Waals surface area contributed by atoms with Crippen molar-refractivity contribution in [2.45, 2.75) is 10.8 Å². The molecule has 0 atom stereocenters. The first-order valence-corrected chi connectivity index (χ1v) is 43.7. The van der Waals surface area contributed by atoms with Crippen LogP contribution in [0.5, 0.6) is 0 Å². The Kier molecular flexibility index (Phi) is 18.8. The lowest BCUT2D eigenvalue weighted by molar-refractivity contribution is 0.768. The molecular weight excluding hydrogens is 1520 g/mol. The highest BCUT2D eigenvalue weighted by atomic mass is 15.1. The van der Waals surface area contributed by atoms with Gasteiger partial charge in [0.25, 0.3) is 0 Å². The van der Waals surface area contributed by atoms with E-state index in [4.69, 9.17) is 0 Å². The van der Waals surface area contributed by atoms with Crippen LogP contribution in [0.3, 0.4) is 0 Å². The molecule has 0 saturated carbocycles. The molecule has 0 spiro atoms. The molecule has 0 aliphatic heterocycles. The minimum absolute atomic E-state index is 0.408. The zero-order valence-corrected chi connectivity index (χ0v) is 69.4. The van der Waals surface area contributed by atoms with E-state index in [0.717, 1.165) is 34.1 Å². The van der Waals surface area contributed by atoms with Crippen LogP contribution in [-0.4, -0.2) is 0 Å². The van der Waals surface area contributed by atoms with Gasteiger partial charge in [0.05, 0.1) is 16.5 Å². The lowest BCUT2D eigenvalue weighted by Crippen LogP contribution is -2.28. The molecule has 590 valence electrons. The van der Waals surface area contributed by atoms with Crippen molar-refractivity contribution in [3.63, 3.8) is 0 Å². The molecule has 2 aliphatic rings. The first-order chi connectivity index (χ1) is 62.6. The Hall–Kier alpha value is -16.3. The Bertz CT molecular complexity index is 7610. The van der Waals surface area contributed by atoms with Crippen LogP contribution in [0, 0.1) is 0 Å². The van der Waals surface area contributed by atoms with Crippen molar-refractivity contribution in [3.05, 3.63) is 554 Å². The van der Waals surface area contributed by atoms with E-state index in [1.54, 1.807) is 0 Å². The van der Waals surface area contributed by atoms with Crippen molar-refractivity contribution in [1.82, 2.24) is 0 Å². The van der Waals surface area contributed by atoms with Crippen molar-refractivity contribution in [3.8, 4) is 77.9 Å². The summed E-state index contributed by atoms with van der Waals surface area (Å²) in [6.07, 6.45) is 0. The number of benzene rings is 22. The van der Waals surface area contributed by atoms with Crippen LogP contribution in [0.25, 0.3) is 132 Å². The van der Waals surface area contributed by atoms with Gasteiger partial charge in [0.15, 0.2) is 0 Å². The zero-order chi connectivity index (χ0) is 83.5. The summed E-state index contributed by atoms with van der Waals surface area (Å²) in [4.78, 5) is 4.78. The van der Waals surface area contributed by atoms with E-state index in [1.165, 1.54) is 176 Å². The molecule has 0 heterocycles. The predicted octanol–water partition coefficient (Wildman–Crippen LogP) is 33.1. The standard InChI is InChI=1S/C63H43N.C61H41N/c1-4-18-46(19-5-1)61-55-26-10-12-28-57(55)62(58-29-13-11-27-56(58)61)47-36-42-52(43-37-47)64(50-22-8-3-9-23-50)51-40-34-45(35-41-51)44-32-38-49(39-33-44)63(48-20-6-2-7-21-48)59-30-16-14-24-53(59)54-25-15-17-31-60(54)63;1-3-19-43(20-4-1)59-52-27-9-11-29-54(52)60(55-30-12-10-28-53(55)59)44-34-38-47(39-35-44)62(58-33-17-21-42-18-7-8-24-49(42)58)48-40-36-46(37-41-48)61(45-22-5-2-6-23-45)56-31-15-13-25-50(56)51-26-14-16-32-57(51)61/h1-43H;1-41H. The van der Waals surface area contributed by atoms with Gasteiger partial charge in [-0.2, -0.15) is 0 Å². The summed E-state index contributed by atoms with van der Waals surface area (Å²) in [5, 5.41) is 12.5. The summed E-state index contributed by atoms with van der Waals surface area (Å²) in [5.41, 5.74) is 33.6. The second kappa shape index (κ2) is 31.6. The number of hydrogen-bond donors (Lipinski definition) is 0. The lowest BCUT2D eigenvalue weighted by Gasteiger charge is -2.34. The maximum Gasteiger partial charge on any atom is 0.0713 e. The average molecular weight is 1600 g/mol. The molecule has 0 unspecified atom stereocenters. The van der Waals surface area contributed by atoms with Crippen LogP contribution in [0.2, 0.25) is 0 Å². The summed E-state index contributed by atoms with van der Waals surface area (Å²) in [7, 11) is 0. The monoisotopic (exact) mass is 1600 g/mol. The molecule has 22 aromatic rings. The van der Waals surface area contributed by atoms with Crippen LogP contribution in [0.1, 0.15) is 44.5 Å². The third kappa shape index (κ3) is 12.4. The first kappa shape index (κ1) is 74.8. The highest BCUT2D eigenvalue weighted by Crippen LogP contribution is 2.59. The Balaban J connectivity index is 0.000000145. The molecule has 2 heteroatoms. The fraction of sp³-hybridized carbons (Fsp3) is 0.0161. The van der Waals surface area contributed by atoms with Crippen LogP contribution < -0.4 is 9.80 Å². The van der Waals surface area contributed by atoms with Gasteiger partial charge in [0.2, 0.25) is 0 Å². The lowest BCUT2D eigenvalue weighted by atomic mass is 9.67. The maximum absolute atomic E-state index is 2.43. The van der Waals surface area contributed by atoms with Crippen LogP contribution in [0.4, 0.5) is 34.1 Å². The van der Waals surface area contributed by atoms with Crippen molar-refractivity contribution < 1.29 is 0 Å². The van der Waals surface area contributed by atoms with Crippen molar-refractivity contribution in [2.24, 2.45) is 0 Å². The number of hydrogen-bond acceptors (Lipinski definition) is 2. The zero-order valence-electron chi connectivity index (χ0n) is 69.4. The summed E-state index contributed by atoms with van der Waals surface area (Å²) in [5.74, 6) is 0. The van der Waals surface area contributed by atoms with Gasteiger partial charge in [-0.25, -0.2) is 0 Å². The first-order valence-electron chi connectivity index (χ1n) is 43.7. The van der Waals surface area contributed by atoms with Gasteiger partial charge < -0.3 is 9.80 Å². The normalized spacial score (nSPS) is 12.6. The van der Waals surface area contributed by atoms with E-state index < -0.39 is 10.8 Å². The third-order valence-corrected chi connectivity index (χ3v) is 26.5. The fourth-order valence-corrected chi connectivity index (χ4v) is 21.1. The SMILES string of the molecule is c1ccc(-c2c3ccccc3c(-c3ccc(N(c4ccc(C5(c6ccccc6)c6ccccc6-c6ccccc65)cc4)c4cccc5ccccc45)cc3)c3ccccc23)cc1.c1ccc(-c2c3ccccc3c(-c3ccc(N(c4ccccc4)c4ccc(-c5ccc(C6(c7ccccc7)c7ccccc7-c7ccccc76)cc5)cc4)cc3)c3ccccc23)cc1. The van der Waals surface area contributed by atoms with Gasteiger partial charge in [-0.05, 0) is 238 Å². The molecular formula is C124H84N2. The number of nitrogens with zero attached hydrogens (tertiary/aromatic N) is 2. The van der Waals surface area contributed by atoms with Crippen molar-refractivity contribution >= 4 is 88.0 Å². The summed E-state index contributed by atoms with van der Waals surface area (Å²) in [6, 6.07) is 187. The Morgan fingerprint density at radius 2 is 0.357 bits per heavy atom. The van der Waals surface area contributed by atoms with Gasteiger partial charge in [-0.15, -0.1) is 0 Å². The molecule has 22 aromatic carbocycles. The van der Waals surface area contributed by atoms with E-state index in [0.29, 0.717) is 0 Å². The molecule has 0 saturated heterocycles. The molecule has 0 radical (unpaired) electrons. The van der Waals surface area contributed by atoms with Crippen molar-refractivity contribution in [2.75, 3.05) is 9.80 Å². The highest BCUT2D eigenvalue weighted by Gasteiger charge is 2.47. The summed E-state index contributed by atoms with van der Waals surface area (Å²) in [6.45, 7) is 0. The van der Waals surface area contributed by atoms with Gasteiger partial charge >= 0.3 is 0 Å². The number of fused-ring (bicyclic) bond motifs is 11. The molecule has 0 N–H and O–H groups in total. The molecule has 0 fully saturated rings. The smallest absolute Gasteiger partial charge is 0.0713 e. The summed E-state index contributed by atoms with van der Waals surface area (Å²) >= 11 is 0. The summed E-state index contributed by atoms with van der Waals surface area (Å²) < 4.78 is 0. The molecule has 126 heavy (non-hydrogen) atoms. The molecule has 0 amide bonds. The molecule has 0 bridgehead atoms. The van der Waals surface area contributed by atoms with E-state index in [-0.39, 0.29) is 0 Å². The van der Waals surface area contributed by atoms with E-state index >= 15 is 0 Å². The number of anilines is 6. The van der Waals surface area contributed by atoms with Gasteiger partial charge in [-0.1, -0.05) is 443 Å². The molecule has 0 aromatic heterocycles. The quantitative estimate of drug-likeness (QED) is 0.0944. The number of rotatable bonds is 15. The van der Waals surface area contributed by atoms with Gasteiger partial charge in [0, 0.05) is 33.8 Å². The van der Waals surface area contributed by atoms with Crippen LogP contribution in [-0.2, 0) is 10.8 Å². The topological polar surface area (TPSA) is 6.48 Å². The minimum atomic E-state index is -0.458. The minimum Gasteiger partial charge on any atom is -0.311 e. The second-order valence-electron chi connectivity index (χ2n) is 33.1. The highest BCUT2D eigenvalue weighted by molar-refractivity contribution is 6.23.